The summed E-state index contributed by atoms with van der Waals surface area (Å²) in [4.78, 5) is 15.4. The van der Waals surface area contributed by atoms with E-state index in [1.165, 1.54) is 24.2 Å². The number of carbonyl (C=O) groups is 1. The maximum Gasteiger partial charge on any atom is 0.219 e. The van der Waals surface area contributed by atoms with E-state index in [2.05, 4.69) is 47.1 Å². The molecule has 0 bridgehead atoms. The number of nitrogens with one attached hydrogen (secondary N) is 1. The molecule has 4 rings (SSSR count). The van der Waals surface area contributed by atoms with Crippen LogP contribution in [0.25, 0.3) is 6.08 Å². The minimum absolute atomic E-state index is 0.0593. The lowest BCUT2D eigenvalue weighted by atomic mass is 9.78. The molecule has 0 radical (unpaired) electrons. The Kier molecular flexibility index (Phi) is 7.89. The van der Waals surface area contributed by atoms with E-state index in [9.17, 15) is 4.79 Å². The number of piperazine rings is 1. The van der Waals surface area contributed by atoms with Crippen molar-refractivity contribution in [3.63, 3.8) is 0 Å². The predicted octanol–water partition coefficient (Wildman–Crippen LogP) is 4.19. The zero-order valence-electron chi connectivity index (χ0n) is 21.2. The maximum absolute atomic E-state index is 11.9. The molecule has 9 heteroatoms. The summed E-state index contributed by atoms with van der Waals surface area (Å²) in [7, 11) is 0. The SMILES string of the molecule is CC(=O)N1CC[NH+](C2(c3nnnn3[C@@H](/C=C/c3ccc(Cl)cc3Cl)C(C)(C)C)CCCCC2)CC1. The van der Waals surface area contributed by atoms with Gasteiger partial charge >= 0.3 is 0 Å². The number of allylic oxidation sites excluding steroid dienone is 1. The van der Waals surface area contributed by atoms with Crippen LogP contribution < -0.4 is 4.90 Å². The molecule has 1 amide bonds. The van der Waals surface area contributed by atoms with E-state index >= 15 is 0 Å². The Bertz CT molecular complexity index is 1060. The summed E-state index contributed by atoms with van der Waals surface area (Å²) in [5.74, 6) is 1.13. The van der Waals surface area contributed by atoms with E-state index in [1.807, 2.05) is 23.1 Å². The highest BCUT2D eigenvalue weighted by atomic mass is 35.5. The van der Waals surface area contributed by atoms with Crippen molar-refractivity contribution in [1.82, 2.24) is 25.1 Å². The fourth-order valence-corrected chi connectivity index (χ4v) is 6.20. The first-order valence-electron chi connectivity index (χ1n) is 12.6. The number of quaternary nitrogens is 1. The molecule has 35 heavy (non-hydrogen) atoms. The Hall–Kier alpha value is -1.96. The second-order valence-electron chi connectivity index (χ2n) is 11.0. The number of tetrazole rings is 1. The molecule has 1 aliphatic carbocycles. The van der Waals surface area contributed by atoms with Crippen LogP contribution in [-0.2, 0) is 10.3 Å². The number of halogens is 2. The Morgan fingerprint density at radius 1 is 1.14 bits per heavy atom. The molecule has 1 saturated carbocycles. The van der Waals surface area contributed by atoms with Gasteiger partial charge in [-0.2, -0.15) is 0 Å². The van der Waals surface area contributed by atoms with Crippen molar-refractivity contribution in [2.45, 2.75) is 71.4 Å². The van der Waals surface area contributed by atoms with Gasteiger partial charge < -0.3 is 9.80 Å². The van der Waals surface area contributed by atoms with Gasteiger partial charge in [0.15, 0.2) is 5.54 Å². The van der Waals surface area contributed by atoms with Crippen molar-refractivity contribution < 1.29 is 9.69 Å². The molecular formula is C26H37Cl2N6O+. The smallest absolute Gasteiger partial charge is 0.219 e. The quantitative estimate of drug-likeness (QED) is 0.642. The number of benzene rings is 1. The highest BCUT2D eigenvalue weighted by Gasteiger charge is 2.50. The maximum atomic E-state index is 11.9. The van der Waals surface area contributed by atoms with E-state index < -0.39 is 0 Å². The standard InChI is InChI=1S/C26H36Cl2N6O/c1-19(35)32-14-16-33(17-15-32)26(12-6-5-7-13-26)24-29-30-31-34(24)23(25(2,3)4)11-9-20-8-10-21(27)18-22(20)28/h8-11,18,23H,5-7,12-17H2,1-4H3/p+1/b11-9+/t23-/m0/s1. The third-order valence-electron chi connectivity index (χ3n) is 7.69. The first-order chi connectivity index (χ1) is 16.6. The fourth-order valence-electron chi connectivity index (χ4n) is 5.73. The molecule has 0 unspecified atom stereocenters. The van der Waals surface area contributed by atoms with Crippen LogP contribution in [0.15, 0.2) is 24.3 Å². The molecule has 1 aromatic heterocycles. The molecule has 1 atom stereocenters. The van der Waals surface area contributed by atoms with Gasteiger partial charge in [0.05, 0.1) is 32.2 Å². The van der Waals surface area contributed by atoms with Gasteiger partial charge in [-0.1, -0.05) is 68.6 Å². The first kappa shape index (κ1) is 26.1. The number of hydrogen-bond donors (Lipinski definition) is 1. The summed E-state index contributed by atoms with van der Waals surface area (Å²) < 4.78 is 2.05. The molecule has 0 spiro atoms. The number of nitrogens with zero attached hydrogens (tertiary/aromatic N) is 5. The highest BCUT2D eigenvalue weighted by molar-refractivity contribution is 6.35. The summed E-state index contributed by atoms with van der Waals surface area (Å²) in [5.41, 5.74) is 0.649. The molecule has 7 nitrogen and oxygen atoms in total. The molecule has 1 saturated heterocycles. The molecule has 2 aromatic rings. The summed E-state index contributed by atoms with van der Waals surface area (Å²) in [5, 5.41) is 14.7. The fraction of sp³-hybridized carbons (Fsp3) is 0.615. The van der Waals surface area contributed by atoms with E-state index in [0.717, 1.165) is 50.4 Å². The van der Waals surface area contributed by atoms with Crippen LogP contribution >= 0.6 is 23.2 Å². The number of rotatable bonds is 5. The Labute approximate surface area is 218 Å². The lowest BCUT2D eigenvalue weighted by molar-refractivity contribution is -0.967. The van der Waals surface area contributed by atoms with Crippen LogP contribution in [0.1, 0.15) is 77.2 Å². The lowest BCUT2D eigenvalue weighted by Crippen LogP contribution is -3.21. The van der Waals surface area contributed by atoms with E-state index in [4.69, 9.17) is 23.2 Å². The molecule has 2 fully saturated rings. The molecule has 190 valence electrons. The summed E-state index contributed by atoms with van der Waals surface area (Å²) in [6.07, 6.45) is 9.92. The van der Waals surface area contributed by atoms with Gasteiger partial charge in [-0.05, 0) is 46.4 Å². The van der Waals surface area contributed by atoms with Gasteiger partial charge in [-0.3, -0.25) is 4.79 Å². The second-order valence-corrected chi connectivity index (χ2v) is 11.9. The Morgan fingerprint density at radius 2 is 1.83 bits per heavy atom. The monoisotopic (exact) mass is 519 g/mol. The van der Waals surface area contributed by atoms with Crippen LogP contribution in [0, 0.1) is 5.41 Å². The molecule has 1 aliphatic heterocycles. The van der Waals surface area contributed by atoms with Crippen molar-refractivity contribution in [1.29, 1.82) is 0 Å². The highest BCUT2D eigenvalue weighted by Crippen LogP contribution is 2.39. The van der Waals surface area contributed by atoms with Gasteiger partial charge in [0, 0.05) is 29.8 Å². The van der Waals surface area contributed by atoms with E-state index in [1.54, 1.807) is 13.0 Å². The average molecular weight is 521 g/mol. The Balaban J connectivity index is 1.71. The topological polar surface area (TPSA) is 68.3 Å². The second kappa shape index (κ2) is 10.6. The number of carbonyl (C=O) groups excluding carboxylic acids is 1. The number of hydrogen-bond acceptors (Lipinski definition) is 4. The van der Waals surface area contributed by atoms with Gasteiger partial charge in [-0.15, -0.1) is 5.10 Å². The summed E-state index contributed by atoms with van der Waals surface area (Å²) >= 11 is 12.5. The van der Waals surface area contributed by atoms with Crippen LogP contribution in [-0.4, -0.2) is 57.2 Å². The van der Waals surface area contributed by atoms with E-state index in [-0.39, 0.29) is 22.9 Å². The van der Waals surface area contributed by atoms with Crippen LogP contribution in [0.3, 0.4) is 0 Å². The normalized spacial score (nSPS) is 20.3. The zero-order valence-corrected chi connectivity index (χ0v) is 22.7. The largest absolute Gasteiger partial charge is 0.332 e. The van der Waals surface area contributed by atoms with Crippen molar-refractivity contribution >= 4 is 35.2 Å². The van der Waals surface area contributed by atoms with Crippen LogP contribution in [0.2, 0.25) is 10.0 Å². The van der Waals surface area contributed by atoms with Crippen LogP contribution in [0.4, 0.5) is 0 Å². The summed E-state index contributed by atoms with van der Waals surface area (Å²) in [6.45, 7) is 11.7. The van der Waals surface area contributed by atoms with Gasteiger partial charge in [0.2, 0.25) is 11.7 Å². The minimum atomic E-state index is -0.139. The molecule has 2 heterocycles. The third kappa shape index (κ3) is 5.57. The van der Waals surface area contributed by atoms with Crippen molar-refractivity contribution in [3.05, 3.63) is 45.7 Å². The molecule has 2 aliphatic rings. The number of amides is 1. The van der Waals surface area contributed by atoms with Crippen molar-refractivity contribution in [2.24, 2.45) is 5.41 Å². The zero-order chi connectivity index (χ0) is 25.2. The summed E-state index contributed by atoms with van der Waals surface area (Å²) in [6, 6.07) is 5.49. The van der Waals surface area contributed by atoms with E-state index in [0.29, 0.717) is 10.0 Å². The van der Waals surface area contributed by atoms with Gasteiger partial charge in [0.1, 0.15) is 0 Å². The predicted molar refractivity (Wildman–Crippen MR) is 140 cm³/mol. The molecular weight excluding hydrogens is 483 g/mol. The third-order valence-corrected chi connectivity index (χ3v) is 8.25. The lowest BCUT2D eigenvalue weighted by Gasteiger charge is -2.46. The minimum Gasteiger partial charge on any atom is -0.332 e. The van der Waals surface area contributed by atoms with Crippen molar-refractivity contribution in [2.75, 3.05) is 26.2 Å². The van der Waals surface area contributed by atoms with Gasteiger partial charge in [0.25, 0.3) is 0 Å². The number of aromatic nitrogens is 4. The van der Waals surface area contributed by atoms with Gasteiger partial charge in [-0.25, -0.2) is 4.68 Å². The van der Waals surface area contributed by atoms with Crippen LogP contribution in [0.5, 0.6) is 0 Å². The first-order valence-corrected chi connectivity index (χ1v) is 13.4. The Morgan fingerprint density at radius 3 is 2.43 bits per heavy atom. The molecule has 1 aromatic carbocycles. The molecule has 1 N–H and O–H groups in total. The average Bonchev–Trinajstić information content (AvgIpc) is 3.30. The van der Waals surface area contributed by atoms with Crippen molar-refractivity contribution in [3.8, 4) is 0 Å².